The molecule has 2 amide bonds. The number of hydrogen-bond donors (Lipinski definition) is 2. The molecule has 3 aromatic rings. The van der Waals surface area contributed by atoms with Crippen LogP contribution in [0.5, 0.6) is 11.5 Å². The molecule has 2 N–H and O–H groups in total. The lowest BCUT2D eigenvalue weighted by Crippen LogP contribution is -2.34. The maximum absolute atomic E-state index is 13.2. The van der Waals surface area contributed by atoms with E-state index in [1.807, 2.05) is 0 Å². The molecule has 0 aromatic heterocycles. The number of hydrazone groups is 1. The van der Waals surface area contributed by atoms with Gasteiger partial charge in [-0.3, -0.25) is 19.7 Å². The molecule has 0 spiro atoms. The van der Waals surface area contributed by atoms with Crippen LogP contribution >= 0.6 is 0 Å². The zero-order valence-electron chi connectivity index (χ0n) is 18.8. The summed E-state index contributed by atoms with van der Waals surface area (Å²) < 4.78 is 23.7. The molecule has 0 atom stereocenters. The zero-order chi connectivity index (χ0) is 26.1. The Kier molecular flexibility index (Phi) is 8.38. The third-order valence-corrected chi connectivity index (χ3v) is 4.60. The lowest BCUT2D eigenvalue weighted by Gasteiger charge is -2.10. The van der Waals surface area contributed by atoms with E-state index in [1.54, 1.807) is 6.07 Å². The third kappa shape index (κ3) is 6.93. The smallest absolute Gasteiger partial charge is 0.343 e. The van der Waals surface area contributed by atoms with Crippen LogP contribution < -0.4 is 20.2 Å². The summed E-state index contributed by atoms with van der Waals surface area (Å²) >= 11 is 0. The van der Waals surface area contributed by atoms with Crippen LogP contribution in [0.2, 0.25) is 0 Å². The Balaban J connectivity index is 1.55. The number of methoxy groups -OCH3 is 1. The van der Waals surface area contributed by atoms with Gasteiger partial charge in [-0.2, -0.15) is 5.10 Å². The number of nitrogens with one attached hydrogen (secondary N) is 2. The Morgan fingerprint density at radius 2 is 1.78 bits per heavy atom. The molecule has 3 aromatic carbocycles. The van der Waals surface area contributed by atoms with E-state index in [9.17, 15) is 28.9 Å². The number of rotatable bonds is 9. The molecule has 12 heteroatoms. The molecule has 0 unspecified atom stereocenters. The molecule has 0 bridgehead atoms. The van der Waals surface area contributed by atoms with E-state index in [0.29, 0.717) is 5.56 Å². The fourth-order valence-electron chi connectivity index (χ4n) is 2.84. The fourth-order valence-corrected chi connectivity index (χ4v) is 2.84. The van der Waals surface area contributed by atoms with Gasteiger partial charge in [-0.15, -0.1) is 0 Å². The molecule has 184 valence electrons. The average Bonchev–Trinajstić information content (AvgIpc) is 2.88. The predicted molar refractivity (Wildman–Crippen MR) is 126 cm³/mol. The summed E-state index contributed by atoms with van der Waals surface area (Å²) in [5.41, 5.74) is 2.76. The van der Waals surface area contributed by atoms with E-state index in [1.165, 1.54) is 67.9 Å². The van der Waals surface area contributed by atoms with Crippen molar-refractivity contribution in [1.82, 2.24) is 10.7 Å². The Morgan fingerprint density at radius 1 is 1.03 bits per heavy atom. The molecule has 0 fully saturated rings. The summed E-state index contributed by atoms with van der Waals surface area (Å²) in [6.07, 6.45) is 1.30. The first-order valence-electron chi connectivity index (χ1n) is 10.3. The number of nitro groups is 1. The average molecular weight is 494 g/mol. The number of halogens is 1. The van der Waals surface area contributed by atoms with Crippen LogP contribution in [0.4, 0.5) is 10.1 Å². The minimum Gasteiger partial charge on any atom is -0.493 e. The van der Waals surface area contributed by atoms with Crippen LogP contribution in [0, 0.1) is 15.9 Å². The molecular weight excluding hydrogens is 475 g/mol. The summed E-state index contributed by atoms with van der Waals surface area (Å²) in [7, 11) is 1.36. The number of hydrogen-bond acceptors (Lipinski definition) is 8. The van der Waals surface area contributed by atoms with Gasteiger partial charge >= 0.3 is 5.97 Å². The zero-order valence-corrected chi connectivity index (χ0v) is 18.8. The van der Waals surface area contributed by atoms with Gasteiger partial charge in [-0.1, -0.05) is 6.07 Å². The maximum atomic E-state index is 13.2. The highest BCUT2D eigenvalue weighted by Crippen LogP contribution is 2.28. The van der Waals surface area contributed by atoms with Crippen molar-refractivity contribution in [3.05, 3.63) is 99.4 Å². The number of carbonyl (C=O) groups is 3. The molecule has 0 saturated heterocycles. The number of nitro benzene ring substituents is 1. The lowest BCUT2D eigenvalue weighted by atomic mass is 10.2. The van der Waals surface area contributed by atoms with Crippen LogP contribution in [-0.2, 0) is 4.79 Å². The van der Waals surface area contributed by atoms with Gasteiger partial charge in [0.15, 0.2) is 11.5 Å². The first kappa shape index (κ1) is 25.5. The highest BCUT2D eigenvalue weighted by molar-refractivity contribution is 5.96. The molecule has 0 saturated carbocycles. The van der Waals surface area contributed by atoms with Crippen molar-refractivity contribution in [3.8, 4) is 11.5 Å². The standard InChI is InChI=1S/C24H19FN4O7/c1-35-21-11-15(5-10-20(21)36-24(32)16-6-8-19(9-7-16)29(33)34)13-27-28-22(30)14-26-23(31)17-3-2-4-18(25)12-17/h2-13H,14H2,1H3,(H,26,31)(H,28,30)/b27-13-. The van der Waals surface area contributed by atoms with E-state index in [4.69, 9.17) is 9.47 Å². The molecule has 11 nitrogen and oxygen atoms in total. The third-order valence-electron chi connectivity index (χ3n) is 4.60. The van der Waals surface area contributed by atoms with E-state index < -0.39 is 28.5 Å². The van der Waals surface area contributed by atoms with Crippen molar-refractivity contribution >= 4 is 29.7 Å². The summed E-state index contributed by atoms with van der Waals surface area (Å²) in [6.45, 7) is -0.381. The van der Waals surface area contributed by atoms with Crippen molar-refractivity contribution < 1.29 is 33.2 Å². The van der Waals surface area contributed by atoms with Crippen LogP contribution in [0.25, 0.3) is 0 Å². The second-order valence-corrected chi connectivity index (χ2v) is 7.09. The molecule has 3 rings (SSSR count). The summed E-state index contributed by atoms with van der Waals surface area (Å²) in [4.78, 5) is 46.3. The van der Waals surface area contributed by atoms with E-state index in [0.717, 1.165) is 6.07 Å². The highest BCUT2D eigenvalue weighted by atomic mass is 19.1. The molecule has 0 heterocycles. The Morgan fingerprint density at radius 3 is 2.44 bits per heavy atom. The predicted octanol–water partition coefficient (Wildman–Crippen LogP) is 2.84. The first-order chi connectivity index (χ1) is 17.3. The van der Waals surface area contributed by atoms with Gasteiger partial charge in [0.25, 0.3) is 17.5 Å². The Hall–Kier alpha value is -5.13. The van der Waals surface area contributed by atoms with Crippen molar-refractivity contribution in [2.45, 2.75) is 0 Å². The number of nitrogens with zero attached hydrogens (tertiary/aromatic N) is 2. The summed E-state index contributed by atoms with van der Waals surface area (Å²) in [5, 5.41) is 16.9. The molecule has 36 heavy (non-hydrogen) atoms. The topological polar surface area (TPSA) is 149 Å². The number of benzene rings is 3. The number of non-ortho nitro benzene ring substituents is 1. The monoisotopic (exact) mass is 494 g/mol. The van der Waals surface area contributed by atoms with Gasteiger partial charge < -0.3 is 14.8 Å². The van der Waals surface area contributed by atoms with Crippen LogP contribution in [0.3, 0.4) is 0 Å². The number of esters is 1. The van der Waals surface area contributed by atoms with Gasteiger partial charge in [-0.25, -0.2) is 14.6 Å². The highest BCUT2D eigenvalue weighted by Gasteiger charge is 2.15. The number of amides is 2. The maximum Gasteiger partial charge on any atom is 0.343 e. The van der Waals surface area contributed by atoms with Crippen LogP contribution in [-0.4, -0.2) is 42.6 Å². The van der Waals surface area contributed by atoms with Gasteiger partial charge in [0.2, 0.25) is 0 Å². The minimum atomic E-state index is -0.739. The lowest BCUT2D eigenvalue weighted by molar-refractivity contribution is -0.384. The van der Waals surface area contributed by atoms with Crippen LogP contribution in [0.15, 0.2) is 71.8 Å². The van der Waals surface area contributed by atoms with Crippen LogP contribution in [0.1, 0.15) is 26.3 Å². The van der Waals surface area contributed by atoms with Gasteiger partial charge in [0.1, 0.15) is 5.82 Å². The Bertz CT molecular complexity index is 1330. The van der Waals surface area contributed by atoms with Crippen molar-refractivity contribution in [3.63, 3.8) is 0 Å². The Labute approximate surface area is 203 Å². The molecular formula is C24H19FN4O7. The van der Waals surface area contributed by atoms with Gasteiger partial charge in [0.05, 0.1) is 30.4 Å². The first-order valence-corrected chi connectivity index (χ1v) is 10.3. The van der Waals surface area contributed by atoms with Gasteiger partial charge in [-0.05, 0) is 54.1 Å². The molecule has 0 radical (unpaired) electrons. The molecule has 0 aliphatic carbocycles. The van der Waals surface area contributed by atoms with E-state index in [2.05, 4.69) is 15.8 Å². The fraction of sp³-hybridized carbons (Fsp3) is 0.0833. The second kappa shape index (κ2) is 11.8. The normalized spacial score (nSPS) is 10.5. The summed E-state index contributed by atoms with van der Waals surface area (Å²) in [6, 6.07) is 14.5. The summed E-state index contributed by atoms with van der Waals surface area (Å²) in [5.74, 6) is -2.24. The second-order valence-electron chi connectivity index (χ2n) is 7.09. The SMILES string of the molecule is COc1cc(/C=N\NC(=O)CNC(=O)c2cccc(F)c2)ccc1OC(=O)c1ccc([N+](=O)[O-])cc1. The number of ether oxygens (including phenoxy) is 2. The molecule has 0 aliphatic heterocycles. The molecule has 0 aliphatic rings. The largest absolute Gasteiger partial charge is 0.493 e. The quantitative estimate of drug-likeness (QED) is 0.153. The van der Waals surface area contributed by atoms with Crippen molar-refractivity contribution in [1.29, 1.82) is 0 Å². The van der Waals surface area contributed by atoms with E-state index in [-0.39, 0.29) is 34.9 Å². The number of carbonyl (C=O) groups excluding carboxylic acids is 3. The minimum absolute atomic E-state index is 0.0766. The van der Waals surface area contributed by atoms with Gasteiger partial charge in [0, 0.05) is 17.7 Å². The van der Waals surface area contributed by atoms with Crippen molar-refractivity contribution in [2.24, 2.45) is 5.10 Å². The van der Waals surface area contributed by atoms with E-state index >= 15 is 0 Å². The van der Waals surface area contributed by atoms with Crippen molar-refractivity contribution in [2.75, 3.05) is 13.7 Å².